The molecule has 192 valence electrons. The number of nitrogens with one attached hydrogen (secondary N) is 1. The predicted molar refractivity (Wildman–Crippen MR) is 142 cm³/mol. The van der Waals surface area contributed by atoms with E-state index in [0.717, 1.165) is 36.5 Å². The minimum absolute atomic E-state index is 0.00544. The number of benzene rings is 1. The first kappa shape index (κ1) is 26.8. The summed E-state index contributed by atoms with van der Waals surface area (Å²) in [7, 11) is 3.47. The Balaban J connectivity index is 2.02. The summed E-state index contributed by atoms with van der Waals surface area (Å²) in [5.74, 6) is 1.61. The van der Waals surface area contributed by atoms with Crippen molar-refractivity contribution >= 4 is 23.2 Å². The topological polar surface area (TPSA) is 74.2 Å². The van der Waals surface area contributed by atoms with Crippen LogP contribution in [0.2, 0.25) is 0 Å². The lowest BCUT2D eigenvalue weighted by Crippen LogP contribution is -2.47. The van der Waals surface area contributed by atoms with Crippen LogP contribution in [0, 0.1) is 5.41 Å². The monoisotopic (exact) mass is 482 g/mol. The zero-order valence-corrected chi connectivity index (χ0v) is 22.5. The van der Waals surface area contributed by atoms with Crippen LogP contribution < -0.4 is 10.1 Å². The smallest absolute Gasteiger partial charge is 0.234 e. The predicted octanol–water partition coefficient (Wildman–Crippen LogP) is 5.48. The van der Waals surface area contributed by atoms with E-state index in [1.54, 1.807) is 31.1 Å². The van der Waals surface area contributed by atoms with E-state index < -0.39 is 5.41 Å². The van der Waals surface area contributed by atoms with Crippen LogP contribution in [-0.4, -0.2) is 60.2 Å². The highest BCUT2D eigenvalue weighted by atomic mass is 16.5. The molecule has 0 aromatic heterocycles. The highest BCUT2D eigenvalue weighted by molar-refractivity contribution is 6.04. The molecule has 1 aliphatic carbocycles. The second-order valence-corrected chi connectivity index (χ2v) is 10.1. The van der Waals surface area contributed by atoms with Crippen LogP contribution >= 0.6 is 0 Å². The lowest BCUT2D eigenvalue weighted by atomic mass is 9.84. The Kier molecular flexibility index (Phi) is 8.62. The summed E-state index contributed by atoms with van der Waals surface area (Å²) in [5, 5.41) is 3.44. The van der Waals surface area contributed by atoms with Crippen molar-refractivity contribution in [2.75, 3.05) is 26.0 Å². The van der Waals surface area contributed by atoms with Gasteiger partial charge in [-0.05, 0) is 65.2 Å². The maximum absolute atomic E-state index is 13.5. The van der Waals surface area contributed by atoms with Gasteiger partial charge >= 0.3 is 0 Å². The van der Waals surface area contributed by atoms with Gasteiger partial charge < -0.3 is 19.9 Å². The number of nitrogens with zero attached hydrogens (tertiary/aromatic N) is 3. The lowest BCUT2D eigenvalue weighted by molar-refractivity contribution is -0.138. The fraction of sp³-hybridized carbons (Fsp3) is 0.607. The largest absolute Gasteiger partial charge is 0.495 e. The van der Waals surface area contributed by atoms with Crippen molar-refractivity contribution in [2.24, 2.45) is 10.4 Å². The van der Waals surface area contributed by atoms with Crippen molar-refractivity contribution in [3.63, 3.8) is 0 Å². The molecule has 3 rings (SSSR count). The van der Waals surface area contributed by atoms with Gasteiger partial charge in [0.1, 0.15) is 17.8 Å². The number of anilines is 1. The first-order valence-corrected chi connectivity index (χ1v) is 12.9. The summed E-state index contributed by atoms with van der Waals surface area (Å²) in [5.41, 5.74) is 1.76. The number of hydrogen-bond acceptors (Lipinski definition) is 5. The van der Waals surface area contributed by atoms with Gasteiger partial charge in [-0.1, -0.05) is 32.3 Å². The minimum Gasteiger partial charge on any atom is -0.495 e. The van der Waals surface area contributed by atoms with Gasteiger partial charge in [0, 0.05) is 25.2 Å². The third kappa shape index (κ3) is 5.71. The second kappa shape index (κ2) is 11.3. The summed E-state index contributed by atoms with van der Waals surface area (Å²) in [6.07, 6.45) is 8.42. The third-order valence-corrected chi connectivity index (χ3v) is 7.56. The first-order chi connectivity index (χ1) is 16.6. The lowest BCUT2D eigenvalue weighted by Gasteiger charge is -2.39. The third-order valence-electron chi connectivity index (χ3n) is 7.56. The second-order valence-electron chi connectivity index (χ2n) is 10.1. The molecule has 2 atom stereocenters. The molecule has 7 nitrogen and oxygen atoms in total. The van der Waals surface area contributed by atoms with Crippen molar-refractivity contribution < 1.29 is 14.3 Å². The minimum atomic E-state index is -0.472. The number of hydrogen-bond donors (Lipinski definition) is 1. The standard InChI is InChI=1S/C28H42N4O3/c1-8-24-26(30-20(4)29-23-16-15-21(19(3)33)17-25(23)35-7)32(22-13-11-10-12-14-22)18-28(5,9-2)27(34)31(24)6/h8,15-17,20,22,29H,9-14,18H2,1-7H3/b24-8+,30-26+/t20?,28-/m0/s1. The number of amidine groups is 1. The van der Waals surface area contributed by atoms with Gasteiger partial charge in [-0.25, -0.2) is 4.99 Å². The zero-order chi connectivity index (χ0) is 25.8. The summed E-state index contributed by atoms with van der Waals surface area (Å²) in [6.45, 7) is 10.4. The molecule has 0 radical (unpaired) electrons. The van der Waals surface area contributed by atoms with Crippen molar-refractivity contribution in [1.82, 2.24) is 9.80 Å². The highest BCUT2D eigenvalue weighted by Crippen LogP contribution is 2.36. The molecule has 35 heavy (non-hydrogen) atoms. The number of ether oxygens (including phenoxy) is 1. The van der Waals surface area contributed by atoms with Crippen molar-refractivity contribution in [2.45, 2.75) is 85.4 Å². The normalized spacial score (nSPS) is 25.1. The Morgan fingerprint density at radius 2 is 2.00 bits per heavy atom. The number of amides is 1. The number of rotatable bonds is 7. The summed E-state index contributed by atoms with van der Waals surface area (Å²) in [6, 6.07) is 5.78. The quantitative estimate of drug-likeness (QED) is 0.521. The molecule has 0 spiro atoms. The van der Waals surface area contributed by atoms with Gasteiger partial charge in [0.2, 0.25) is 5.91 Å². The number of carbonyl (C=O) groups is 2. The van der Waals surface area contributed by atoms with Crippen molar-refractivity contribution in [1.29, 1.82) is 0 Å². The Bertz CT molecular complexity index is 996. The Hall–Kier alpha value is -2.83. The maximum Gasteiger partial charge on any atom is 0.234 e. The molecule has 1 aromatic rings. The van der Waals surface area contributed by atoms with Gasteiger partial charge in [0.25, 0.3) is 0 Å². The number of carbonyl (C=O) groups excluding carboxylic acids is 2. The van der Waals surface area contributed by atoms with E-state index in [1.807, 2.05) is 33.0 Å². The number of Topliss-reactive ketones (excluding diaryl/α,β-unsaturated/α-hetero) is 1. The van der Waals surface area contributed by atoms with E-state index in [2.05, 4.69) is 24.1 Å². The Labute approximate surface area is 210 Å². The maximum atomic E-state index is 13.5. The molecular weight excluding hydrogens is 440 g/mol. The number of ketones is 1. The average Bonchev–Trinajstić information content (AvgIpc) is 2.93. The Morgan fingerprint density at radius 3 is 2.57 bits per heavy atom. The van der Waals surface area contributed by atoms with E-state index in [0.29, 0.717) is 23.9 Å². The molecule has 1 aliphatic heterocycles. The van der Waals surface area contributed by atoms with Crippen LogP contribution in [-0.2, 0) is 4.79 Å². The van der Waals surface area contributed by atoms with Crippen molar-refractivity contribution in [3.05, 3.63) is 35.5 Å². The van der Waals surface area contributed by atoms with Crippen LogP contribution in [0.25, 0.3) is 0 Å². The van der Waals surface area contributed by atoms with Gasteiger partial charge in [-0.15, -0.1) is 0 Å². The molecule has 7 heteroatoms. The molecule has 1 aromatic carbocycles. The molecule has 1 saturated heterocycles. The van der Waals surface area contributed by atoms with Gasteiger partial charge in [0.05, 0.1) is 23.9 Å². The number of methoxy groups -OCH3 is 1. The van der Waals surface area contributed by atoms with E-state index >= 15 is 0 Å². The summed E-state index contributed by atoms with van der Waals surface area (Å²) >= 11 is 0. The molecular formula is C28H42N4O3. The number of allylic oxidation sites excluding steroid dienone is 1. The number of likely N-dealkylation sites (N-methyl/N-ethyl adjacent to an activating group) is 1. The van der Waals surface area contributed by atoms with Gasteiger partial charge in [-0.2, -0.15) is 0 Å². The first-order valence-electron chi connectivity index (χ1n) is 12.9. The zero-order valence-electron chi connectivity index (χ0n) is 22.5. The van der Waals surface area contributed by atoms with Gasteiger partial charge in [0.15, 0.2) is 5.78 Å². The van der Waals surface area contributed by atoms with Crippen LogP contribution in [0.1, 0.15) is 83.5 Å². The van der Waals surface area contributed by atoms with E-state index in [-0.39, 0.29) is 17.9 Å². The van der Waals surface area contributed by atoms with Crippen molar-refractivity contribution in [3.8, 4) is 5.75 Å². The van der Waals surface area contributed by atoms with Gasteiger partial charge in [-0.3, -0.25) is 9.59 Å². The fourth-order valence-electron chi connectivity index (χ4n) is 5.22. The van der Waals surface area contributed by atoms with E-state index in [9.17, 15) is 9.59 Å². The van der Waals surface area contributed by atoms with E-state index in [4.69, 9.17) is 9.73 Å². The Morgan fingerprint density at radius 1 is 1.31 bits per heavy atom. The molecule has 1 amide bonds. The number of aliphatic imine (C=N–C) groups is 1. The molecule has 1 heterocycles. The fourth-order valence-corrected chi connectivity index (χ4v) is 5.22. The van der Waals surface area contributed by atoms with Crippen LogP contribution in [0.3, 0.4) is 0 Å². The van der Waals surface area contributed by atoms with E-state index in [1.165, 1.54) is 19.3 Å². The molecule has 1 N–H and O–H groups in total. The molecule has 2 aliphatic rings. The summed E-state index contributed by atoms with van der Waals surface area (Å²) < 4.78 is 5.54. The molecule has 0 bridgehead atoms. The van der Waals surface area contributed by atoms with Crippen LogP contribution in [0.5, 0.6) is 5.75 Å². The van der Waals surface area contributed by atoms with Crippen LogP contribution in [0.15, 0.2) is 35.0 Å². The molecule has 1 saturated carbocycles. The van der Waals surface area contributed by atoms with Crippen LogP contribution in [0.4, 0.5) is 5.69 Å². The molecule has 1 unspecified atom stereocenters. The molecule has 2 fully saturated rings. The SMILES string of the molecule is C/C=C1\C(=N/C(C)Nc2ccc(C(C)=O)cc2OC)N(C2CCCCC2)C[C@](C)(CC)C(=O)N1C. The average molecular weight is 483 g/mol. The summed E-state index contributed by atoms with van der Waals surface area (Å²) in [4.78, 5) is 34.7. The highest BCUT2D eigenvalue weighted by Gasteiger charge is 2.44.